The zero-order chi connectivity index (χ0) is 26.8. The maximum atomic E-state index is 13.7. The minimum Gasteiger partial charge on any atom is -0.368 e. The third kappa shape index (κ3) is 5.22. The lowest BCUT2D eigenvalue weighted by Gasteiger charge is -2.36. The maximum Gasteiger partial charge on any atom is 0.270 e. The van der Waals surface area contributed by atoms with E-state index in [4.69, 9.17) is 16.9 Å². The van der Waals surface area contributed by atoms with E-state index in [1.54, 1.807) is 12.1 Å². The summed E-state index contributed by atoms with van der Waals surface area (Å²) in [6.07, 6.45) is 0. The second-order valence-electron chi connectivity index (χ2n) is 9.97. The molecule has 3 aromatic rings. The van der Waals surface area contributed by atoms with Crippen molar-refractivity contribution in [3.63, 3.8) is 0 Å². The Morgan fingerprint density at radius 2 is 1.66 bits per heavy atom. The SMILES string of the molecule is Cc1c(CN2CCN(c3ccccc3Cl)CC2)cc(C(=O)N2CCN(c3ccc(F)c(C#N)c3)CC2)n1C. The van der Waals surface area contributed by atoms with E-state index in [1.165, 1.54) is 11.6 Å². The number of rotatable bonds is 5. The Hall–Kier alpha value is -3.54. The van der Waals surface area contributed by atoms with Crippen molar-refractivity contribution in [2.45, 2.75) is 13.5 Å². The minimum atomic E-state index is -0.512. The Morgan fingerprint density at radius 1 is 0.974 bits per heavy atom. The average molecular weight is 535 g/mol. The summed E-state index contributed by atoms with van der Waals surface area (Å²) in [5, 5.41) is 9.92. The highest BCUT2D eigenvalue weighted by molar-refractivity contribution is 6.33. The molecule has 1 amide bonds. The van der Waals surface area contributed by atoms with E-state index in [0.29, 0.717) is 31.9 Å². The minimum absolute atomic E-state index is 0.0295. The van der Waals surface area contributed by atoms with E-state index in [2.05, 4.69) is 27.7 Å². The van der Waals surface area contributed by atoms with Crippen molar-refractivity contribution in [1.29, 1.82) is 5.26 Å². The van der Waals surface area contributed by atoms with Gasteiger partial charge in [0.15, 0.2) is 0 Å². The summed E-state index contributed by atoms with van der Waals surface area (Å²) in [6.45, 7) is 8.98. The van der Waals surface area contributed by atoms with Gasteiger partial charge in [-0.05, 0) is 48.9 Å². The molecule has 0 N–H and O–H groups in total. The Morgan fingerprint density at radius 3 is 2.34 bits per heavy atom. The molecule has 0 bridgehead atoms. The number of piperazine rings is 2. The molecule has 0 unspecified atom stereocenters. The number of amides is 1. The van der Waals surface area contributed by atoms with Gasteiger partial charge in [0.05, 0.1) is 16.3 Å². The van der Waals surface area contributed by atoms with Crippen LogP contribution in [0.3, 0.4) is 0 Å². The van der Waals surface area contributed by atoms with Crippen LogP contribution in [0.5, 0.6) is 0 Å². The highest BCUT2D eigenvalue weighted by Crippen LogP contribution is 2.27. The maximum absolute atomic E-state index is 13.7. The van der Waals surface area contributed by atoms with Crippen LogP contribution in [-0.2, 0) is 13.6 Å². The fourth-order valence-electron chi connectivity index (χ4n) is 5.35. The molecule has 2 fully saturated rings. The van der Waals surface area contributed by atoms with Gasteiger partial charge in [0, 0.05) is 77.3 Å². The van der Waals surface area contributed by atoms with Crippen LogP contribution < -0.4 is 9.80 Å². The zero-order valence-corrected chi connectivity index (χ0v) is 22.6. The van der Waals surface area contributed by atoms with Crippen molar-refractivity contribution in [2.24, 2.45) is 7.05 Å². The molecule has 3 heterocycles. The third-order valence-electron chi connectivity index (χ3n) is 7.82. The smallest absolute Gasteiger partial charge is 0.270 e. The molecule has 9 heteroatoms. The van der Waals surface area contributed by atoms with E-state index in [9.17, 15) is 9.18 Å². The molecule has 0 atom stereocenters. The van der Waals surface area contributed by atoms with Gasteiger partial charge in [-0.1, -0.05) is 23.7 Å². The van der Waals surface area contributed by atoms with Crippen molar-refractivity contribution in [3.05, 3.63) is 81.9 Å². The molecule has 0 spiro atoms. The summed E-state index contributed by atoms with van der Waals surface area (Å²) < 4.78 is 15.7. The van der Waals surface area contributed by atoms with Crippen LogP contribution in [0.25, 0.3) is 0 Å². The summed E-state index contributed by atoms with van der Waals surface area (Å²) in [5.74, 6) is -0.482. The monoisotopic (exact) mass is 534 g/mol. The molecule has 2 aliphatic rings. The number of carbonyl (C=O) groups excluding carboxylic acids is 1. The summed E-state index contributed by atoms with van der Waals surface area (Å²) in [5.41, 5.74) is 4.92. The number of nitrogens with zero attached hydrogens (tertiary/aromatic N) is 6. The van der Waals surface area contributed by atoms with Crippen LogP contribution in [0, 0.1) is 24.1 Å². The Balaban J connectivity index is 1.19. The van der Waals surface area contributed by atoms with E-state index < -0.39 is 5.82 Å². The highest BCUT2D eigenvalue weighted by Gasteiger charge is 2.27. The standard InChI is InChI=1S/C29H32ClFN6O/c1-21-23(20-34-9-11-36(12-10-34)27-6-4-3-5-25(27)30)18-28(33(21)2)29(38)37-15-13-35(14-16-37)24-7-8-26(31)22(17-24)19-32/h3-8,17-18H,9-16,20H2,1-2H3. The highest BCUT2D eigenvalue weighted by atomic mass is 35.5. The Labute approximate surface area is 228 Å². The normalized spacial score (nSPS) is 16.6. The number of halogens is 2. The van der Waals surface area contributed by atoms with Crippen LogP contribution in [0.2, 0.25) is 5.02 Å². The van der Waals surface area contributed by atoms with Gasteiger partial charge in [0.2, 0.25) is 0 Å². The molecule has 2 saturated heterocycles. The molecule has 7 nitrogen and oxygen atoms in total. The van der Waals surface area contributed by atoms with Gasteiger partial charge in [-0.3, -0.25) is 9.69 Å². The van der Waals surface area contributed by atoms with Gasteiger partial charge >= 0.3 is 0 Å². The van der Waals surface area contributed by atoms with E-state index in [0.717, 1.165) is 54.8 Å². The van der Waals surface area contributed by atoms with Gasteiger partial charge in [-0.15, -0.1) is 0 Å². The lowest BCUT2D eigenvalue weighted by molar-refractivity contribution is 0.0737. The number of para-hydroxylation sites is 1. The summed E-state index contributed by atoms with van der Waals surface area (Å²) in [6, 6.07) is 16.5. The molecular weight excluding hydrogens is 503 g/mol. The molecule has 38 heavy (non-hydrogen) atoms. The molecule has 5 rings (SSSR count). The third-order valence-corrected chi connectivity index (χ3v) is 8.14. The van der Waals surface area contributed by atoms with Crippen LogP contribution in [-0.4, -0.2) is 72.6 Å². The number of benzene rings is 2. The summed E-state index contributed by atoms with van der Waals surface area (Å²) >= 11 is 6.39. The van der Waals surface area contributed by atoms with Crippen LogP contribution in [0.4, 0.5) is 15.8 Å². The van der Waals surface area contributed by atoms with Crippen LogP contribution in [0.15, 0.2) is 48.5 Å². The van der Waals surface area contributed by atoms with Gasteiger partial charge in [-0.2, -0.15) is 5.26 Å². The van der Waals surface area contributed by atoms with Gasteiger partial charge in [0.25, 0.3) is 5.91 Å². The second kappa shape index (κ2) is 11.1. The van der Waals surface area contributed by atoms with Gasteiger partial charge in [0.1, 0.15) is 17.6 Å². The number of aromatic nitrogens is 1. The van der Waals surface area contributed by atoms with E-state index in [1.807, 2.05) is 46.8 Å². The van der Waals surface area contributed by atoms with Crippen molar-refractivity contribution in [3.8, 4) is 6.07 Å². The zero-order valence-electron chi connectivity index (χ0n) is 21.8. The lowest BCUT2D eigenvalue weighted by Crippen LogP contribution is -2.49. The molecule has 0 radical (unpaired) electrons. The molecule has 0 saturated carbocycles. The fraction of sp³-hybridized carbons (Fsp3) is 0.379. The number of hydrogen-bond donors (Lipinski definition) is 0. The molecule has 198 valence electrons. The predicted octanol–water partition coefficient (Wildman–Crippen LogP) is 4.28. The Kier molecular flexibility index (Phi) is 7.59. The van der Waals surface area contributed by atoms with Crippen molar-refractivity contribution in [2.75, 3.05) is 62.2 Å². The quantitative estimate of drug-likeness (QED) is 0.489. The fourth-order valence-corrected chi connectivity index (χ4v) is 5.60. The Bertz CT molecular complexity index is 1370. The van der Waals surface area contributed by atoms with Crippen molar-refractivity contribution in [1.82, 2.24) is 14.4 Å². The summed E-state index contributed by atoms with van der Waals surface area (Å²) in [7, 11) is 1.96. The first-order valence-electron chi connectivity index (χ1n) is 13.0. The first-order chi connectivity index (χ1) is 18.4. The topological polar surface area (TPSA) is 58.8 Å². The number of anilines is 2. The molecular formula is C29H32ClFN6O. The average Bonchev–Trinajstić information content (AvgIpc) is 3.22. The van der Waals surface area contributed by atoms with Gasteiger partial charge < -0.3 is 19.3 Å². The summed E-state index contributed by atoms with van der Waals surface area (Å²) in [4.78, 5) is 22.2. The molecule has 0 aliphatic carbocycles. The molecule has 1 aromatic heterocycles. The van der Waals surface area contributed by atoms with E-state index in [-0.39, 0.29) is 11.5 Å². The molecule has 2 aliphatic heterocycles. The van der Waals surface area contributed by atoms with Crippen molar-refractivity contribution >= 4 is 28.9 Å². The van der Waals surface area contributed by atoms with Gasteiger partial charge in [-0.25, -0.2) is 4.39 Å². The van der Waals surface area contributed by atoms with Crippen molar-refractivity contribution < 1.29 is 9.18 Å². The number of nitriles is 1. The largest absolute Gasteiger partial charge is 0.368 e. The first-order valence-corrected chi connectivity index (χ1v) is 13.3. The predicted molar refractivity (Wildman–Crippen MR) is 148 cm³/mol. The number of hydrogen-bond acceptors (Lipinski definition) is 5. The van der Waals surface area contributed by atoms with E-state index >= 15 is 0 Å². The molecule has 2 aromatic carbocycles. The number of carbonyl (C=O) groups is 1. The second-order valence-corrected chi connectivity index (χ2v) is 10.4. The van der Waals surface area contributed by atoms with Crippen LogP contribution >= 0.6 is 11.6 Å². The van der Waals surface area contributed by atoms with Crippen LogP contribution in [0.1, 0.15) is 27.3 Å². The lowest BCUT2D eigenvalue weighted by atomic mass is 10.1. The first kappa shape index (κ1) is 26.1.